The van der Waals surface area contributed by atoms with Gasteiger partial charge in [-0.3, -0.25) is 0 Å². The zero-order chi connectivity index (χ0) is 14.3. The zero-order valence-corrected chi connectivity index (χ0v) is 12.6. The van der Waals surface area contributed by atoms with Crippen LogP contribution in [0.5, 0.6) is 0 Å². The first kappa shape index (κ1) is 13.6. The highest BCUT2D eigenvalue weighted by molar-refractivity contribution is 5.48. The van der Waals surface area contributed by atoms with Crippen LogP contribution in [0.25, 0.3) is 0 Å². The molecule has 5 heteroatoms. The van der Waals surface area contributed by atoms with Crippen molar-refractivity contribution >= 4 is 11.6 Å². The molecule has 1 heterocycles. The molecule has 5 nitrogen and oxygen atoms in total. The van der Waals surface area contributed by atoms with Crippen molar-refractivity contribution in [2.24, 2.45) is 17.7 Å². The summed E-state index contributed by atoms with van der Waals surface area (Å²) in [7, 11) is 0. The minimum absolute atomic E-state index is 0.0854. The van der Waals surface area contributed by atoms with Crippen molar-refractivity contribution in [2.45, 2.75) is 57.9 Å². The van der Waals surface area contributed by atoms with Crippen molar-refractivity contribution in [3.63, 3.8) is 0 Å². The number of nitrogen functional groups attached to an aromatic ring is 1. The second-order valence-corrected chi connectivity index (χ2v) is 7.20. The van der Waals surface area contributed by atoms with E-state index in [2.05, 4.69) is 36.5 Å². The Kier molecular flexibility index (Phi) is 3.32. The summed E-state index contributed by atoms with van der Waals surface area (Å²) >= 11 is 0. The molecule has 0 radical (unpaired) electrons. The predicted molar refractivity (Wildman–Crippen MR) is 81.4 cm³/mol. The van der Waals surface area contributed by atoms with E-state index in [1.165, 1.54) is 25.7 Å². The van der Waals surface area contributed by atoms with Crippen LogP contribution in [0.3, 0.4) is 0 Å². The molecule has 1 aromatic heterocycles. The summed E-state index contributed by atoms with van der Waals surface area (Å²) in [5, 5.41) is 3.64. The van der Waals surface area contributed by atoms with Crippen molar-refractivity contribution in [1.29, 1.82) is 0 Å². The van der Waals surface area contributed by atoms with Crippen LogP contribution in [0.15, 0.2) is 6.07 Å². The third kappa shape index (κ3) is 3.03. The first-order valence-corrected chi connectivity index (χ1v) is 7.60. The second kappa shape index (κ2) is 4.88. The van der Waals surface area contributed by atoms with Crippen molar-refractivity contribution < 1.29 is 0 Å². The highest BCUT2D eigenvalue weighted by Crippen LogP contribution is 2.45. The average Bonchev–Trinajstić information content (AvgIpc) is 3.27. The summed E-state index contributed by atoms with van der Waals surface area (Å²) in [6.45, 7) is 6.35. The van der Waals surface area contributed by atoms with Gasteiger partial charge in [0.05, 0.1) is 0 Å². The SMILES string of the molecule is CC(C)(C)c1nc(NN)cc(NC(C2CC2)C2CC2)n1. The van der Waals surface area contributed by atoms with Gasteiger partial charge in [0, 0.05) is 17.5 Å². The van der Waals surface area contributed by atoms with Crippen LogP contribution in [0, 0.1) is 11.8 Å². The summed E-state index contributed by atoms with van der Waals surface area (Å²) in [5.74, 6) is 9.62. The number of nitrogens with one attached hydrogen (secondary N) is 2. The Balaban J connectivity index is 1.83. The summed E-state index contributed by atoms with van der Waals surface area (Å²) in [6.07, 6.45) is 5.42. The van der Waals surface area contributed by atoms with Gasteiger partial charge in [0.25, 0.3) is 0 Å². The first-order chi connectivity index (χ1) is 9.47. The minimum atomic E-state index is -0.0854. The van der Waals surface area contributed by atoms with E-state index in [1.807, 2.05) is 6.07 Å². The lowest BCUT2D eigenvalue weighted by molar-refractivity contribution is 0.539. The monoisotopic (exact) mass is 275 g/mol. The number of rotatable bonds is 5. The maximum Gasteiger partial charge on any atom is 0.145 e. The van der Waals surface area contributed by atoms with E-state index in [4.69, 9.17) is 10.8 Å². The normalized spacial score (nSPS) is 19.2. The van der Waals surface area contributed by atoms with E-state index in [9.17, 15) is 0 Å². The van der Waals surface area contributed by atoms with Gasteiger partial charge < -0.3 is 10.7 Å². The fourth-order valence-electron chi connectivity index (χ4n) is 2.63. The largest absolute Gasteiger partial charge is 0.367 e. The highest BCUT2D eigenvalue weighted by Gasteiger charge is 2.41. The second-order valence-electron chi connectivity index (χ2n) is 7.20. The summed E-state index contributed by atoms with van der Waals surface area (Å²) in [6, 6.07) is 2.50. The van der Waals surface area contributed by atoms with Gasteiger partial charge >= 0.3 is 0 Å². The van der Waals surface area contributed by atoms with Crippen LogP contribution in [-0.2, 0) is 5.41 Å². The molecule has 110 valence electrons. The maximum absolute atomic E-state index is 5.54. The molecule has 2 fully saturated rings. The summed E-state index contributed by atoms with van der Waals surface area (Å²) in [5.41, 5.74) is 2.57. The maximum atomic E-state index is 5.54. The molecular weight excluding hydrogens is 250 g/mol. The Bertz CT molecular complexity index is 474. The number of nitrogens with two attached hydrogens (primary N) is 1. The van der Waals surface area contributed by atoms with E-state index in [0.29, 0.717) is 11.9 Å². The van der Waals surface area contributed by atoms with Crippen molar-refractivity contribution in [3.8, 4) is 0 Å². The molecule has 0 aliphatic heterocycles. The molecule has 2 saturated carbocycles. The quantitative estimate of drug-likeness (QED) is 0.569. The van der Waals surface area contributed by atoms with E-state index < -0.39 is 0 Å². The van der Waals surface area contributed by atoms with Crippen LogP contribution in [0.2, 0.25) is 0 Å². The lowest BCUT2D eigenvalue weighted by Crippen LogP contribution is -2.26. The first-order valence-electron chi connectivity index (χ1n) is 7.60. The molecule has 2 aliphatic rings. The molecule has 0 amide bonds. The number of hydrogen-bond donors (Lipinski definition) is 3. The van der Waals surface area contributed by atoms with E-state index in [-0.39, 0.29) is 5.41 Å². The van der Waals surface area contributed by atoms with Crippen LogP contribution < -0.4 is 16.6 Å². The van der Waals surface area contributed by atoms with Gasteiger partial charge in [-0.05, 0) is 37.5 Å². The molecule has 0 saturated heterocycles. The van der Waals surface area contributed by atoms with Gasteiger partial charge in [-0.15, -0.1) is 0 Å². The molecule has 2 aliphatic carbocycles. The van der Waals surface area contributed by atoms with Crippen molar-refractivity contribution in [2.75, 3.05) is 10.7 Å². The smallest absolute Gasteiger partial charge is 0.145 e. The van der Waals surface area contributed by atoms with E-state index in [0.717, 1.165) is 23.5 Å². The van der Waals surface area contributed by atoms with Gasteiger partial charge in [-0.2, -0.15) is 0 Å². The summed E-state index contributed by atoms with van der Waals surface area (Å²) in [4.78, 5) is 9.16. The standard InChI is InChI=1S/C15H25N5/c1-15(2,3)14-18-11(8-12(19-14)20-16)17-13(9-4-5-9)10-6-7-10/h8-10,13H,4-7,16H2,1-3H3,(H2,17,18,19,20). The number of hydrazine groups is 1. The lowest BCUT2D eigenvalue weighted by atomic mass is 9.96. The van der Waals surface area contributed by atoms with E-state index in [1.54, 1.807) is 0 Å². The topological polar surface area (TPSA) is 75.9 Å². The number of anilines is 2. The third-order valence-electron chi connectivity index (χ3n) is 4.12. The van der Waals surface area contributed by atoms with Crippen LogP contribution >= 0.6 is 0 Å². The van der Waals surface area contributed by atoms with Gasteiger partial charge in [0.15, 0.2) is 0 Å². The molecule has 0 bridgehead atoms. The molecule has 4 N–H and O–H groups in total. The minimum Gasteiger partial charge on any atom is -0.367 e. The average molecular weight is 275 g/mol. The molecule has 3 rings (SSSR count). The molecule has 1 aromatic rings. The molecular formula is C15H25N5. The van der Waals surface area contributed by atoms with Crippen molar-refractivity contribution in [3.05, 3.63) is 11.9 Å². The third-order valence-corrected chi connectivity index (χ3v) is 4.12. The fraction of sp³-hybridized carbons (Fsp3) is 0.733. The number of hydrogen-bond acceptors (Lipinski definition) is 5. The van der Waals surface area contributed by atoms with E-state index >= 15 is 0 Å². The Morgan fingerprint density at radius 3 is 2.10 bits per heavy atom. The Morgan fingerprint density at radius 2 is 1.65 bits per heavy atom. The highest BCUT2D eigenvalue weighted by atomic mass is 15.3. The summed E-state index contributed by atoms with van der Waals surface area (Å²) < 4.78 is 0. The molecule has 0 aromatic carbocycles. The molecule has 0 spiro atoms. The van der Waals surface area contributed by atoms with Crippen molar-refractivity contribution in [1.82, 2.24) is 9.97 Å². The predicted octanol–water partition coefficient (Wildman–Crippen LogP) is 2.66. The van der Waals surface area contributed by atoms with Gasteiger partial charge in [0.1, 0.15) is 17.5 Å². The van der Waals surface area contributed by atoms with Gasteiger partial charge in [-0.1, -0.05) is 20.8 Å². The molecule has 0 unspecified atom stereocenters. The zero-order valence-electron chi connectivity index (χ0n) is 12.6. The van der Waals surface area contributed by atoms with Crippen LogP contribution in [0.1, 0.15) is 52.3 Å². The number of nitrogens with zero attached hydrogens (tertiary/aromatic N) is 2. The molecule has 20 heavy (non-hydrogen) atoms. The van der Waals surface area contributed by atoms with Crippen LogP contribution in [0.4, 0.5) is 11.6 Å². The van der Waals surface area contributed by atoms with Gasteiger partial charge in [0.2, 0.25) is 0 Å². The Labute approximate surface area is 120 Å². The fourth-order valence-corrected chi connectivity index (χ4v) is 2.63. The van der Waals surface area contributed by atoms with Gasteiger partial charge in [-0.25, -0.2) is 15.8 Å². The Morgan fingerprint density at radius 1 is 1.10 bits per heavy atom. The Hall–Kier alpha value is -1.36. The van der Waals surface area contributed by atoms with Crippen LogP contribution in [-0.4, -0.2) is 16.0 Å². The molecule has 0 atom stereocenters. The lowest BCUT2D eigenvalue weighted by Gasteiger charge is -2.22. The number of aromatic nitrogens is 2.